The number of hydrogen-bond donors (Lipinski definition) is 0. The van der Waals surface area contributed by atoms with Gasteiger partial charge in [0.1, 0.15) is 0 Å². The molecule has 0 spiro atoms. The van der Waals surface area contributed by atoms with E-state index in [0.717, 1.165) is 6.54 Å². The van der Waals surface area contributed by atoms with Crippen LogP contribution in [0.1, 0.15) is 39.5 Å². The molecular weight excluding hydrogens is 178 g/mol. The van der Waals surface area contributed by atoms with Crippen molar-refractivity contribution < 1.29 is 9.53 Å². The third-order valence-electron chi connectivity index (χ3n) is 3.18. The minimum atomic E-state index is -0.102. The lowest BCUT2D eigenvalue weighted by Gasteiger charge is -2.38. The molecule has 0 saturated carbocycles. The van der Waals surface area contributed by atoms with Crippen molar-refractivity contribution in [1.29, 1.82) is 0 Å². The molecule has 1 rings (SSSR count). The van der Waals surface area contributed by atoms with Crippen LogP contribution >= 0.6 is 0 Å². The average molecular weight is 199 g/mol. The van der Waals surface area contributed by atoms with Crippen LogP contribution in [0, 0.1) is 0 Å². The Morgan fingerprint density at radius 2 is 1.93 bits per heavy atom. The largest absolute Gasteiger partial charge is 0.469 e. The molecule has 3 heteroatoms. The van der Waals surface area contributed by atoms with Gasteiger partial charge in [-0.15, -0.1) is 0 Å². The summed E-state index contributed by atoms with van der Waals surface area (Å²) in [5.74, 6) is -0.102. The summed E-state index contributed by atoms with van der Waals surface area (Å²) in [7, 11) is 1.45. The molecule has 0 N–H and O–H groups in total. The topological polar surface area (TPSA) is 29.5 Å². The van der Waals surface area contributed by atoms with Crippen LogP contribution < -0.4 is 0 Å². The highest BCUT2D eigenvalue weighted by Crippen LogP contribution is 2.22. The number of rotatable bonds is 3. The number of piperidine rings is 1. The highest BCUT2D eigenvalue weighted by Gasteiger charge is 2.24. The van der Waals surface area contributed by atoms with Crippen molar-refractivity contribution in [3.63, 3.8) is 0 Å². The summed E-state index contributed by atoms with van der Waals surface area (Å²) in [6, 6.07) is 1.23. The highest BCUT2D eigenvalue weighted by atomic mass is 16.5. The van der Waals surface area contributed by atoms with E-state index in [4.69, 9.17) is 0 Å². The normalized spacial score (nSPS) is 28.8. The molecule has 0 aromatic rings. The Kier molecular flexibility index (Phi) is 4.39. The maximum atomic E-state index is 11.0. The van der Waals surface area contributed by atoms with Crippen molar-refractivity contribution in [3.05, 3.63) is 0 Å². The molecule has 0 aromatic heterocycles. The second-order valence-electron chi connectivity index (χ2n) is 4.19. The molecule has 1 heterocycles. The summed E-state index contributed by atoms with van der Waals surface area (Å²) >= 11 is 0. The van der Waals surface area contributed by atoms with Crippen LogP contribution in [0.5, 0.6) is 0 Å². The van der Waals surface area contributed by atoms with Crippen LogP contribution in [0.3, 0.4) is 0 Å². The van der Waals surface area contributed by atoms with Gasteiger partial charge in [0.15, 0.2) is 0 Å². The number of hydrogen-bond acceptors (Lipinski definition) is 3. The van der Waals surface area contributed by atoms with Crippen LogP contribution in [0.2, 0.25) is 0 Å². The molecule has 1 aliphatic heterocycles. The molecule has 82 valence electrons. The first-order valence-electron chi connectivity index (χ1n) is 5.47. The van der Waals surface area contributed by atoms with Crippen LogP contribution in [-0.2, 0) is 9.53 Å². The van der Waals surface area contributed by atoms with Gasteiger partial charge in [0.25, 0.3) is 0 Å². The van der Waals surface area contributed by atoms with E-state index >= 15 is 0 Å². The second-order valence-corrected chi connectivity index (χ2v) is 4.19. The Balaban J connectivity index is 2.36. The zero-order valence-corrected chi connectivity index (χ0v) is 9.45. The number of esters is 1. The predicted molar refractivity (Wildman–Crippen MR) is 56.1 cm³/mol. The van der Waals surface area contributed by atoms with Gasteiger partial charge in [-0.2, -0.15) is 0 Å². The molecule has 0 amide bonds. The summed E-state index contributed by atoms with van der Waals surface area (Å²) in [6.45, 7) is 5.33. The quantitative estimate of drug-likeness (QED) is 0.649. The zero-order valence-electron chi connectivity index (χ0n) is 9.45. The van der Waals surface area contributed by atoms with Crippen molar-refractivity contribution in [2.75, 3.05) is 13.7 Å². The van der Waals surface area contributed by atoms with E-state index in [9.17, 15) is 4.79 Å². The Morgan fingerprint density at radius 3 is 2.43 bits per heavy atom. The van der Waals surface area contributed by atoms with Gasteiger partial charge >= 0.3 is 5.97 Å². The summed E-state index contributed by atoms with van der Waals surface area (Å²) in [5, 5.41) is 0. The maximum absolute atomic E-state index is 11.0. The fraction of sp³-hybridized carbons (Fsp3) is 0.909. The zero-order chi connectivity index (χ0) is 10.6. The summed E-state index contributed by atoms with van der Waals surface area (Å²) in [5.41, 5.74) is 0. The maximum Gasteiger partial charge on any atom is 0.306 e. The van der Waals surface area contributed by atoms with Gasteiger partial charge < -0.3 is 4.74 Å². The van der Waals surface area contributed by atoms with E-state index in [0.29, 0.717) is 18.5 Å². The summed E-state index contributed by atoms with van der Waals surface area (Å²) in [4.78, 5) is 13.4. The molecule has 0 radical (unpaired) electrons. The number of nitrogens with zero attached hydrogens (tertiary/aromatic N) is 1. The molecule has 0 bridgehead atoms. The Hall–Kier alpha value is -0.570. The first-order valence-corrected chi connectivity index (χ1v) is 5.47. The minimum Gasteiger partial charge on any atom is -0.469 e. The fourth-order valence-electron chi connectivity index (χ4n) is 2.24. The fourth-order valence-corrected chi connectivity index (χ4v) is 2.24. The Labute approximate surface area is 86.4 Å². The molecule has 2 atom stereocenters. The van der Waals surface area contributed by atoms with Gasteiger partial charge in [-0.3, -0.25) is 9.69 Å². The molecular formula is C11H21NO2. The number of ether oxygens (including phenoxy) is 1. The van der Waals surface area contributed by atoms with Crippen LogP contribution in [0.4, 0.5) is 0 Å². The van der Waals surface area contributed by atoms with Gasteiger partial charge in [0.05, 0.1) is 13.5 Å². The predicted octanol–water partition coefficient (Wildman–Crippen LogP) is 1.81. The highest BCUT2D eigenvalue weighted by molar-refractivity contribution is 5.69. The monoisotopic (exact) mass is 199 g/mol. The summed E-state index contributed by atoms with van der Waals surface area (Å²) < 4.78 is 4.65. The van der Waals surface area contributed by atoms with Crippen molar-refractivity contribution in [2.45, 2.75) is 51.6 Å². The van der Waals surface area contributed by atoms with Crippen molar-refractivity contribution in [2.24, 2.45) is 0 Å². The average Bonchev–Trinajstić information content (AvgIpc) is 2.16. The Bertz CT molecular complexity index is 184. The molecule has 1 saturated heterocycles. The first kappa shape index (κ1) is 11.5. The van der Waals surface area contributed by atoms with E-state index in [1.165, 1.54) is 26.4 Å². The lowest BCUT2D eigenvalue weighted by Crippen LogP contribution is -2.44. The SMILES string of the molecule is COC(=O)CCN1[C@@H](C)CCC[C@@H]1C. The lowest BCUT2D eigenvalue weighted by atomic mass is 9.97. The molecule has 1 aliphatic rings. The van der Waals surface area contributed by atoms with Crippen molar-refractivity contribution >= 4 is 5.97 Å². The van der Waals surface area contributed by atoms with Gasteiger partial charge in [0.2, 0.25) is 0 Å². The smallest absolute Gasteiger partial charge is 0.306 e. The molecule has 1 fully saturated rings. The minimum absolute atomic E-state index is 0.102. The van der Waals surface area contributed by atoms with Crippen LogP contribution in [-0.4, -0.2) is 36.6 Å². The number of likely N-dealkylation sites (tertiary alicyclic amines) is 1. The molecule has 3 nitrogen and oxygen atoms in total. The molecule has 0 unspecified atom stereocenters. The molecule has 0 aromatic carbocycles. The van der Waals surface area contributed by atoms with Gasteiger partial charge in [0, 0.05) is 18.6 Å². The molecule has 0 aliphatic carbocycles. The van der Waals surface area contributed by atoms with Crippen LogP contribution in [0.15, 0.2) is 0 Å². The van der Waals surface area contributed by atoms with E-state index in [2.05, 4.69) is 23.5 Å². The van der Waals surface area contributed by atoms with Crippen LogP contribution in [0.25, 0.3) is 0 Å². The lowest BCUT2D eigenvalue weighted by molar-refractivity contribution is -0.141. The second kappa shape index (κ2) is 5.35. The first-order chi connectivity index (χ1) is 6.65. The Morgan fingerprint density at radius 1 is 1.36 bits per heavy atom. The summed E-state index contributed by atoms with van der Waals surface area (Å²) in [6.07, 6.45) is 4.35. The number of methoxy groups -OCH3 is 1. The third-order valence-corrected chi connectivity index (χ3v) is 3.18. The van der Waals surface area contributed by atoms with E-state index in [1.807, 2.05) is 0 Å². The van der Waals surface area contributed by atoms with Gasteiger partial charge in [-0.25, -0.2) is 0 Å². The number of carbonyl (C=O) groups is 1. The van der Waals surface area contributed by atoms with Crippen molar-refractivity contribution in [1.82, 2.24) is 4.90 Å². The van der Waals surface area contributed by atoms with E-state index in [-0.39, 0.29) is 5.97 Å². The van der Waals surface area contributed by atoms with E-state index in [1.54, 1.807) is 0 Å². The van der Waals surface area contributed by atoms with Gasteiger partial charge in [-0.05, 0) is 26.7 Å². The number of carbonyl (C=O) groups excluding carboxylic acids is 1. The van der Waals surface area contributed by atoms with E-state index < -0.39 is 0 Å². The third kappa shape index (κ3) is 2.98. The molecule has 14 heavy (non-hydrogen) atoms. The van der Waals surface area contributed by atoms with Crippen molar-refractivity contribution in [3.8, 4) is 0 Å². The standard InChI is InChI=1S/C11H21NO2/c1-9-5-4-6-10(2)12(9)8-7-11(13)14-3/h9-10H,4-8H2,1-3H3/t9-,10-/m0/s1. The van der Waals surface area contributed by atoms with Gasteiger partial charge in [-0.1, -0.05) is 6.42 Å².